The Morgan fingerprint density at radius 3 is 2.61 bits per heavy atom. The average molecular weight is 272 g/mol. The van der Waals surface area contributed by atoms with Crippen LogP contribution in [0, 0.1) is 0 Å². The van der Waals surface area contributed by atoms with E-state index in [0.717, 1.165) is 0 Å². The summed E-state index contributed by atoms with van der Waals surface area (Å²) in [6.45, 7) is -0.137. The quantitative estimate of drug-likeness (QED) is 0.690. The number of benzene rings is 1. The van der Waals surface area contributed by atoms with Gasteiger partial charge < -0.3 is 21.1 Å². The predicted molar refractivity (Wildman–Crippen MR) is 70.0 cm³/mol. The van der Waals surface area contributed by atoms with Gasteiger partial charge in [-0.05, 0) is 18.2 Å². The van der Waals surface area contributed by atoms with E-state index in [1.54, 1.807) is 18.2 Å². The average Bonchev–Trinajstić information content (AvgIpc) is 2.38. The molecule has 0 unspecified atom stereocenters. The zero-order valence-corrected chi connectivity index (χ0v) is 10.6. The summed E-state index contributed by atoms with van der Waals surface area (Å²) in [5, 5.41) is 5.14. The van der Waals surface area contributed by atoms with Crippen molar-refractivity contribution in [3.63, 3.8) is 0 Å². The summed E-state index contributed by atoms with van der Waals surface area (Å²) in [7, 11) is 1.48. The van der Waals surface area contributed by atoms with Crippen LogP contribution in [0.15, 0.2) is 18.2 Å². The number of halogens is 1. The summed E-state index contributed by atoms with van der Waals surface area (Å²) in [5.74, 6) is -0.357. The first-order valence-corrected chi connectivity index (χ1v) is 5.68. The first-order valence-electron chi connectivity index (χ1n) is 5.14. The molecule has 1 rings (SSSR count). The van der Waals surface area contributed by atoms with Crippen LogP contribution in [0.5, 0.6) is 5.75 Å². The highest BCUT2D eigenvalue weighted by Gasteiger charge is 2.08. The second-order valence-corrected chi connectivity index (χ2v) is 3.62. The number of amides is 2. The highest BCUT2D eigenvalue weighted by atomic mass is 35.5. The molecule has 7 heteroatoms. The Balaban J connectivity index is 2.94. The number of nitrogens with one attached hydrogen (secondary N) is 2. The van der Waals surface area contributed by atoms with Crippen molar-refractivity contribution in [1.82, 2.24) is 0 Å². The number of ether oxygens (including phenoxy) is 1. The maximum absolute atomic E-state index is 11.2. The number of alkyl halides is 1. The van der Waals surface area contributed by atoms with Gasteiger partial charge in [0.15, 0.2) is 0 Å². The van der Waals surface area contributed by atoms with E-state index in [4.69, 9.17) is 22.1 Å². The first-order chi connectivity index (χ1) is 8.60. The van der Waals surface area contributed by atoms with E-state index < -0.39 is 0 Å². The number of hydrogen-bond acceptors (Lipinski definition) is 4. The molecule has 0 aliphatic heterocycles. The first kappa shape index (κ1) is 14.3. The van der Waals surface area contributed by atoms with Crippen molar-refractivity contribution in [2.24, 2.45) is 5.73 Å². The van der Waals surface area contributed by atoms with Crippen LogP contribution in [0.25, 0.3) is 0 Å². The molecule has 0 saturated heterocycles. The monoisotopic (exact) mass is 271 g/mol. The van der Waals surface area contributed by atoms with Gasteiger partial charge in [-0.3, -0.25) is 9.59 Å². The van der Waals surface area contributed by atoms with Crippen molar-refractivity contribution in [2.45, 2.75) is 0 Å². The van der Waals surface area contributed by atoms with E-state index in [-0.39, 0.29) is 24.2 Å². The molecule has 0 aliphatic carbocycles. The molecular formula is C11H14ClN3O3. The van der Waals surface area contributed by atoms with Gasteiger partial charge in [0.05, 0.1) is 19.3 Å². The van der Waals surface area contributed by atoms with Gasteiger partial charge in [0, 0.05) is 5.69 Å². The third kappa shape index (κ3) is 3.90. The number of carbonyl (C=O) groups is 2. The maximum atomic E-state index is 11.2. The maximum Gasteiger partial charge on any atom is 0.239 e. The van der Waals surface area contributed by atoms with E-state index in [1.165, 1.54) is 7.11 Å². The molecule has 1 aromatic rings. The summed E-state index contributed by atoms with van der Waals surface area (Å²) in [4.78, 5) is 22.4. The van der Waals surface area contributed by atoms with Gasteiger partial charge in [-0.15, -0.1) is 11.6 Å². The lowest BCUT2D eigenvalue weighted by Crippen LogP contribution is -2.22. The van der Waals surface area contributed by atoms with Crippen LogP contribution in [-0.2, 0) is 9.59 Å². The normalized spacial score (nSPS) is 9.72. The second-order valence-electron chi connectivity index (χ2n) is 3.35. The highest BCUT2D eigenvalue weighted by molar-refractivity contribution is 6.29. The number of hydrogen-bond donors (Lipinski definition) is 3. The van der Waals surface area contributed by atoms with Crippen molar-refractivity contribution >= 4 is 34.8 Å². The standard InChI is InChI=1S/C11H14ClN3O3/c1-18-9-3-2-7(14-10(16)5-12)4-8(9)15-11(17)6-13/h2-4H,5-6,13H2,1H3,(H,14,16)(H,15,17). The van der Waals surface area contributed by atoms with Gasteiger partial charge in [0.25, 0.3) is 0 Å². The highest BCUT2D eigenvalue weighted by Crippen LogP contribution is 2.27. The number of methoxy groups -OCH3 is 1. The van der Waals surface area contributed by atoms with E-state index >= 15 is 0 Å². The zero-order chi connectivity index (χ0) is 13.5. The van der Waals surface area contributed by atoms with Gasteiger partial charge in [-0.25, -0.2) is 0 Å². The Labute approximate surface area is 109 Å². The molecule has 0 bridgehead atoms. The summed E-state index contributed by atoms with van der Waals surface area (Å²) in [5.41, 5.74) is 6.15. The van der Waals surface area contributed by atoms with Gasteiger partial charge in [0.1, 0.15) is 11.6 Å². The fraction of sp³-hybridized carbons (Fsp3) is 0.273. The van der Waals surface area contributed by atoms with E-state index in [1.807, 2.05) is 0 Å². The molecule has 18 heavy (non-hydrogen) atoms. The predicted octanol–water partition coefficient (Wildman–Crippen LogP) is 0.770. The van der Waals surface area contributed by atoms with Crippen molar-refractivity contribution < 1.29 is 14.3 Å². The van der Waals surface area contributed by atoms with Gasteiger partial charge >= 0.3 is 0 Å². The molecule has 0 spiro atoms. The third-order valence-electron chi connectivity index (χ3n) is 2.06. The smallest absolute Gasteiger partial charge is 0.239 e. The Bertz CT molecular complexity index is 451. The second kappa shape index (κ2) is 6.83. The van der Waals surface area contributed by atoms with Crippen molar-refractivity contribution in [3.8, 4) is 5.75 Å². The topological polar surface area (TPSA) is 93.5 Å². The van der Waals surface area contributed by atoms with Crippen LogP contribution in [-0.4, -0.2) is 31.3 Å². The summed E-state index contributed by atoms with van der Waals surface area (Å²) < 4.78 is 5.08. The summed E-state index contributed by atoms with van der Waals surface area (Å²) >= 11 is 5.38. The number of anilines is 2. The molecule has 4 N–H and O–H groups in total. The molecule has 0 heterocycles. The Hall–Kier alpha value is -1.79. The van der Waals surface area contributed by atoms with Crippen LogP contribution in [0.1, 0.15) is 0 Å². The molecular weight excluding hydrogens is 258 g/mol. The Morgan fingerprint density at radius 2 is 2.06 bits per heavy atom. The molecule has 1 aromatic carbocycles. The van der Waals surface area contributed by atoms with Crippen molar-refractivity contribution in [2.75, 3.05) is 30.2 Å². The minimum Gasteiger partial charge on any atom is -0.495 e. The van der Waals surface area contributed by atoms with Crippen LogP contribution >= 0.6 is 11.6 Å². The fourth-order valence-corrected chi connectivity index (χ4v) is 1.35. The molecule has 0 saturated carbocycles. The molecule has 0 aliphatic rings. The largest absolute Gasteiger partial charge is 0.495 e. The molecule has 0 atom stereocenters. The minimum absolute atomic E-state index is 0.137. The fourth-order valence-electron chi connectivity index (χ4n) is 1.28. The molecule has 0 radical (unpaired) electrons. The summed E-state index contributed by atoms with van der Waals surface area (Å²) in [6.07, 6.45) is 0. The number of carbonyl (C=O) groups excluding carboxylic acids is 2. The zero-order valence-electron chi connectivity index (χ0n) is 9.83. The lowest BCUT2D eigenvalue weighted by molar-refractivity contribution is -0.115. The van der Waals surface area contributed by atoms with Gasteiger partial charge in [-0.1, -0.05) is 0 Å². The molecule has 6 nitrogen and oxygen atoms in total. The molecule has 0 fully saturated rings. The molecule has 0 aromatic heterocycles. The lowest BCUT2D eigenvalue weighted by Gasteiger charge is -2.12. The number of rotatable bonds is 5. The SMILES string of the molecule is COc1ccc(NC(=O)CCl)cc1NC(=O)CN. The van der Waals surface area contributed by atoms with Crippen molar-refractivity contribution in [3.05, 3.63) is 18.2 Å². The van der Waals surface area contributed by atoms with E-state index in [0.29, 0.717) is 17.1 Å². The minimum atomic E-state index is -0.353. The number of nitrogens with two attached hydrogens (primary N) is 1. The van der Waals surface area contributed by atoms with Gasteiger partial charge in [0.2, 0.25) is 11.8 Å². The van der Waals surface area contributed by atoms with E-state index in [9.17, 15) is 9.59 Å². The van der Waals surface area contributed by atoms with Crippen LogP contribution in [0.3, 0.4) is 0 Å². The van der Waals surface area contributed by atoms with Crippen LogP contribution < -0.4 is 21.1 Å². The summed E-state index contributed by atoms with van der Waals surface area (Å²) in [6, 6.07) is 4.83. The Kier molecular flexibility index (Phi) is 5.41. The molecule has 2 amide bonds. The van der Waals surface area contributed by atoms with Gasteiger partial charge in [-0.2, -0.15) is 0 Å². The van der Waals surface area contributed by atoms with E-state index in [2.05, 4.69) is 10.6 Å². The molecule has 98 valence electrons. The third-order valence-corrected chi connectivity index (χ3v) is 2.31. The van der Waals surface area contributed by atoms with Crippen molar-refractivity contribution in [1.29, 1.82) is 0 Å². The Morgan fingerprint density at radius 1 is 1.33 bits per heavy atom. The van der Waals surface area contributed by atoms with Crippen LogP contribution in [0.4, 0.5) is 11.4 Å². The van der Waals surface area contributed by atoms with Crippen LogP contribution in [0.2, 0.25) is 0 Å². The lowest BCUT2D eigenvalue weighted by atomic mass is 10.2.